The molecule has 0 amide bonds. The van der Waals surface area contributed by atoms with Crippen molar-refractivity contribution in [1.82, 2.24) is 4.90 Å². The van der Waals surface area contributed by atoms with Crippen molar-refractivity contribution in [1.29, 1.82) is 0 Å². The minimum absolute atomic E-state index is 0.258. The van der Waals surface area contributed by atoms with Gasteiger partial charge in [-0.2, -0.15) is 0 Å². The average molecular weight is 260 g/mol. The molecule has 4 nitrogen and oxygen atoms in total. The third kappa shape index (κ3) is 4.00. The van der Waals surface area contributed by atoms with Crippen molar-refractivity contribution in [2.45, 2.75) is 19.1 Å². The van der Waals surface area contributed by atoms with E-state index in [0.29, 0.717) is 5.22 Å². The van der Waals surface area contributed by atoms with Gasteiger partial charge in [-0.25, -0.2) is 0 Å². The van der Waals surface area contributed by atoms with Crippen molar-refractivity contribution in [3.8, 4) is 0 Å². The van der Waals surface area contributed by atoms with Crippen LogP contribution in [0, 0.1) is 0 Å². The molecule has 0 unspecified atom stereocenters. The highest BCUT2D eigenvalue weighted by Gasteiger charge is 2.20. The van der Waals surface area contributed by atoms with E-state index in [1.54, 1.807) is 13.2 Å². The highest BCUT2D eigenvalue weighted by Crippen LogP contribution is 2.17. The second-order valence-corrected chi connectivity index (χ2v) is 4.59. The largest absolute Gasteiger partial charge is 0.448 e. The number of rotatable bonds is 5. The fourth-order valence-corrected chi connectivity index (χ4v) is 2.17. The lowest BCUT2D eigenvalue weighted by Crippen LogP contribution is -2.42. The van der Waals surface area contributed by atoms with Crippen LogP contribution in [0.25, 0.3) is 0 Å². The van der Waals surface area contributed by atoms with Crippen molar-refractivity contribution in [3.63, 3.8) is 0 Å². The summed E-state index contributed by atoms with van der Waals surface area (Å²) >= 11 is 5.75. The molecule has 1 fully saturated rings. The third-order valence-electron chi connectivity index (χ3n) is 2.88. The molecule has 0 radical (unpaired) electrons. The summed E-state index contributed by atoms with van der Waals surface area (Å²) < 4.78 is 16.1. The van der Waals surface area contributed by atoms with Crippen LogP contribution in [-0.2, 0) is 16.0 Å². The number of halogens is 1. The Bertz CT molecular complexity index is 342. The molecular formula is C12H18ClNO3. The normalized spacial score (nSPS) is 21.9. The predicted molar refractivity (Wildman–Crippen MR) is 65.2 cm³/mol. The van der Waals surface area contributed by atoms with Crippen LogP contribution in [0.5, 0.6) is 0 Å². The number of ether oxygens (including phenoxy) is 2. The standard InChI is InChI=1S/C12H18ClNO3/c1-15-6-4-10-8-14(5-7-16-10)9-11-2-3-12(13)17-11/h2-3,10H,4-9H2,1H3/t10-/m1/s1. The Morgan fingerprint density at radius 1 is 1.53 bits per heavy atom. The summed E-state index contributed by atoms with van der Waals surface area (Å²) in [6, 6.07) is 3.70. The average Bonchev–Trinajstić information content (AvgIpc) is 2.73. The van der Waals surface area contributed by atoms with E-state index in [9.17, 15) is 0 Å². The highest BCUT2D eigenvalue weighted by molar-refractivity contribution is 6.28. The molecule has 1 saturated heterocycles. The molecule has 0 spiro atoms. The summed E-state index contributed by atoms with van der Waals surface area (Å²) in [6.07, 6.45) is 1.19. The van der Waals surface area contributed by atoms with Gasteiger partial charge in [-0.15, -0.1) is 0 Å². The Morgan fingerprint density at radius 3 is 3.12 bits per heavy atom. The lowest BCUT2D eigenvalue weighted by atomic mass is 10.2. The Labute approximate surface area is 106 Å². The zero-order valence-electron chi connectivity index (χ0n) is 10.0. The molecule has 2 heterocycles. The number of morpholine rings is 1. The summed E-state index contributed by atoms with van der Waals surface area (Å²) in [5, 5.41) is 0.448. The SMILES string of the molecule is COCC[C@@H]1CN(Cc2ccc(Cl)o2)CCO1. The summed E-state index contributed by atoms with van der Waals surface area (Å²) in [4.78, 5) is 2.32. The highest BCUT2D eigenvalue weighted by atomic mass is 35.5. The van der Waals surface area contributed by atoms with E-state index in [0.717, 1.165) is 45.0 Å². The van der Waals surface area contributed by atoms with Crippen LogP contribution in [-0.4, -0.2) is 44.4 Å². The van der Waals surface area contributed by atoms with Crippen molar-refractivity contribution >= 4 is 11.6 Å². The van der Waals surface area contributed by atoms with Crippen LogP contribution in [0.1, 0.15) is 12.2 Å². The van der Waals surface area contributed by atoms with Gasteiger partial charge in [-0.3, -0.25) is 4.90 Å². The molecule has 0 aromatic carbocycles. The van der Waals surface area contributed by atoms with Gasteiger partial charge in [0.25, 0.3) is 0 Å². The Hall–Kier alpha value is -0.550. The first-order chi connectivity index (χ1) is 8.28. The predicted octanol–water partition coefficient (Wildman–Crippen LogP) is 2.17. The van der Waals surface area contributed by atoms with Gasteiger partial charge in [0.15, 0.2) is 5.22 Å². The van der Waals surface area contributed by atoms with E-state index < -0.39 is 0 Å². The molecule has 1 aliphatic rings. The summed E-state index contributed by atoms with van der Waals surface area (Å²) in [5.41, 5.74) is 0. The summed E-state index contributed by atoms with van der Waals surface area (Å²) in [6.45, 7) is 4.15. The molecule has 5 heteroatoms. The molecule has 0 saturated carbocycles. The zero-order chi connectivity index (χ0) is 12.1. The molecule has 0 aliphatic carbocycles. The van der Waals surface area contributed by atoms with E-state index >= 15 is 0 Å². The molecule has 2 rings (SSSR count). The minimum Gasteiger partial charge on any atom is -0.448 e. The van der Waals surface area contributed by atoms with Crippen LogP contribution >= 0.6 is 11.6 Å². The fourth-order valence-electron chi connectivity index (χ4n) is 2.01. The van der Waals surface area contributed by atoms with Gasteiger partial charge in [0.1, 0.15) is 5.76 Å². The number of hydrogen-bond acceptors (Lipinski definition) is 4. The quantitative estimate of drug-likeness (QED) is 0.812. The molecule has 1 aromatic heterocycles. The van der Waals surface area contributed by atoms with E-state index in [4.69, 9.17) is 25.5 Å². The van der Waals surface area contributed by atoms with E-state index in [-0.39, 0.29) is 6.10 Å². The molecule has 0 bridgehead atoms. The van der Waals surface area contributed by atoms with Gasteiger partial charge in [0.2, 0.25) is 0 Å². The maximum absolute atomic E-state index is 5.75. The fraction of sp³-hybridized carbons (Fsp3) is 0.667. The van der Waals surface area contributed by atoms with Gasteiger partial charge in [0, 0.05) is 26.8 Å². The van der Waals surface area contributed by atoms with Gasteiger partial charge in [-0.05, 0) is 30.2 Å². The van der Waals surface area contributed by atoms with E-state index in [1.807, 2.05) is 6.07 Å². The van der Waals surface area contributed by atoms with Gasteiger partial charge >= 0.3 is 0 Å². The smallest absolute Gasteiger partial charge is 0.193 e. The molecule has 1 atom stereocenters. The maximum atomic E-state index is 5.75. The number of methoxy groups -OCH3 is 1. The lowest BCUT2D eigenvalue weighted by Gasteiger charge is -2.32. The monoisotopic (exact) mass is 259 g/mol. The van der Waals surface area contributed by atoms with Crippen LogP contribution < -0.4 is 0 Å². The van der Waals surface area contributed by atoms with Crippen LogP contribution in [0.2, 0.25) is 5.22 Å². The summed E-state index contributed by atoms with van der Waals surface area (Å²) in [7, 11) is 1.71. The van der Waals surface area contributed by atoms with Crippen LogP contribution in [0.3, 0.4) is 0 Å². The third-order valence-corrected chi connectivity index (χ3v) is 3.08. The van der Waals surface area contributed by atoms with Crippen LogP contribution in [0.15, 0.2) is 16.5 Å². The van der Waals surface area contributed by atoms with Crippen molar-refractivity contribution < 1.29 is 13.9 Å². The molecule has 1 aromatic rings. The minimum atomic E-state index is 0.258. The molecular weight excluding hydrogens is 242 g/mol. The number of hydrogen-bond donors (Lipinski definition) is 0. The second-order valence-electron chi connectivity index (χ2n) is 4.22. The molecule has 17 heavy (non-hydrogen) atoms. The maximum Gasteiger partial charge on any atom is 0.193 e. The molecule has 96 valence electrons. The number of nitrogens with zero attached hydrogens (tertiary/aromatic N) is 1. The first-order valence-electron chi connectivity index (χ1n) is 5.85. The van der Waals surface area contributed by atoms with E-state index in [2.05, 4.69) is 4.90 Å². The van der Waals surface area contributed by atoms with Crippen LogP contribution in [0.4, 0.5) is 0 Å². The van der Waals surface area contributed by atoms with Gasteiger partial charge in [-0.1, -0.05) is 0 Å². The zero-order valence-corrected chi connectivity index (χ0v) is 10.8. The summed E-state index contributed by atoms with van der Waals surface area (Å²) in [5.74, 6) is 0.905. The lowest BCUT2D eigenvalue weighted by molar-refractivity contribution is -0.0447. The van der Waals surface area contributed by atoms with Gasteiger partial charge < -0.3 is 13.9 Å². The Kier molecular flexibility index (Phi) is 4.86. The molecule has 0 N–H and O–H groups in total. The second kappa shape index (κ2) is 6.40. The first-order valence-corrected chi connectivity index (χ1v) is 6.23. The van der Waals surface area contributed by atoms with Crippen molar-refractivity contribution in [2.75, 3.05) is 33.4 Å². The van der Waals surface area contributed by atoms with Crippen molar-refractivity contribution in [2.24, 2.45) is 0 Å². The number of furan rings is 1. The Balaban J connectivity index is 1.80. The first kappa shape index (κ1) is 12.9. The van der Waals surface area contributed by atoms with Gasteiger partial charge in [0.05, 0.1) is 19.3 Å². The topological polar surface area (TPSA) is 34.8 Å². The van der Waals surface area contributed by atoms with E-state index in [1.165, 1.54) is 0 Å². The molecule has 1 aliphatic heterocycles. The van der Waals surface area contributed by atoms with Crippen molar-refractivity contribution in [3.05, 3.63) is 23.1 Å². The Morgan fingerprint density at radius 2 is 2.41 bits per heavy atom.